The SMILES string of the molecule is Cc1c2cc[c]c(Br)c2nn1C. The minimum absolute atomic E-state index is 0.934. The second-order valence-electron chi connectivity index (χ2n) is 2.76. The zero-order valence-electron chi connectivity index (χ0n) is 6.93. The Kier molecular flexibility index (Phi) is 1.68. The van der Waals surface area contributed by atoms with Gasteiger partial charge in [-0.2, -0.15) is 5.10 Å². The number of hydrogen-bond donors (Lipinski definition) is 0. The third-order valence-electron chi connectivity index (χ3n) is 2.05. The lowest BCUT2D eigenvalue weighted by Crippen LogP contribution is -1.91. The van der Waals surface area contributed by atoms with Crippen LogP contribution in [0.3, 0.4) is 0 Å². The predicted octanol–water partition coefficient (Wildman–Crippen LogP) is 2.44. The van der Waals surface area contributed by atoms with Gasteiger partial charge in [-0.05, 0) is 28.9 Å². The Morgan fingerprint density at radius 3 is 3.00 bits per heavy atom. The Labute approximate surface area is 79.3 Å². The number of rotatable bonds is 0. The molecule has 1 aromatic heterocycles. The van der Waals surface area contributed by atoms with E-state index in [-0.39, 0.29) is 0 Å². The van der Waals surface area contributed by atoms with Gasteiger partial charge in [0.05, 0.1) is 4.47 Å². The monoisotopic (exact) mass is 223 g/mol. The van der Waals surface area contributed by atoms with Gasteiger partial charge in [0.25, 0.3) is 0 Å². The van der Waals surface area contributed by atoms with Crippen LogP contribution < -0.4 is 0 Å². The van der Waals surface area contributed by atoms with E-state index in [1.807, 2.05) is 23.9 Å². The van der Waals surface area contributed by atoms with E-state index in [0.717, 1.165) is 9.99 Å². The molecule has 2 aromatic rings. The average Bonchev–Trinajstić information content (AvgIpc) is 2.32. The number of aryl methyl sites for hydroxylation is 2. The molecule has 2 rings (SSSR count). The van der Waals surface area contributed by atoms with E-state index in [9.17, 15) is 0 Å². The van der Waals surface area contributed by atoms with Gasteiger partial charge in [0, 0.05) is 18.1 Å². The van der Waals surface area contributed by atoms with Gasteiger partial charge in [0.2, 0.25) is 0 Å². The van der Waals surface area contributed by atoms with E-state index in [2.05, 4.69) is 34.0 Å². The molecule has 0 aliphatic rings. The molecule has 0 amide bonds. The van der Waals surface area contributed by atoms with Crippen molar-refractivity contribution < 1.29 is 0 Å². The summed E-state index contributed by atoms with van der Waals surface area (Å²) in [6.45, 7) is 2.06. The number of benzene rings is 1. The molecule has 0 fully saturated rings. The lowest BCUT2D eigenvalue weighted by molar-refractivity contribution is 0.750. The third kappa shape index (κ3) is 0.966. The maximum absolute atomic E-state index is 4.35. The van der Waals surface area contributed by atoms with E-state index >= 15 is 0 Å². The molecule has 2 nitrogen and oxygen atoms in total. The summed E-state index contributed by atoms with van der Waals surface area (Å²) in [5.41, 5.74) is 2.16. The molecule has 0 aliphatic carbocycles. The van der Waals surface area contributed by atoms with Gasteiger partial charge in [-0.1, -0.05) is 12.1 Å². The van der Waals surface area contributed by atoms with Crippen LogP contribution in [0.5, 0.6) is 0 Å². The van der Waals surface area contributed by atoms with E-state index < -0.39 is 0 Å². The third-order valence-corrected chi connectivity index (χ3v) is 2.65. The van der Waals surface area contributed by atoms with Crippen LogP contribution >= 0.6 is 15.9 Å². The molecule has 0 saturated carbocycles. The van der Waals surface area contributed by atoms with Crippen molar-refractivity contribution in [1.82, 2.24) is 9.78 Å². The summed E-state index contributed by atoms with van der Waals surface area (Å²) in [4.78, 5) is 0. The molecule has 0 N–H and O–H groups in total. The molecule has 1 aromatic carbocycles. The fourth-order valence-electron chi connectivity index (χ4n) is 1.25. The number of nitrogens with zero attached hydrogens (tertiary/aromatic N) is 2. The van der Waals surface area contributed by atoms with Crippen molar-refractivity contribution in [2.45, 2.75) is 6.92 Å². The van der Waals surface area contributed by atoms with Crippen LogP contribution in [-0.4, -0.2) is 9.78 Å². The molecule has 0 aliphatic heterocycles. The maximum atomic E-state index is 4.35. The molecule has 61 valence electrons. The van der Waals surface area contributed by atoms with Crippen LogP contribution in [0, 0.1) is 13.0 Å². The molecule has 1 radical (unpaired) electrons. The average molecular weight is 224 g/mol. The van der Waals surface area contributed by atoms with Crippen LogP contribution in [-0.2, 0) is 7.05 Å². The van der Waals surface area contributed by atoms with Crippen LogP contribution in [0.4, 0.5) is 0 Å². The minimum atomic E-state index is 0.934. The van der Waals surface area contributed by atoms with Gasteiger partial charge in [0.1, 0.15) is 5.52 Å². The highest BCUT2D eigenvalue weighted by Gasteiger charge is 2.06. The normalized spacial score (nSPS) is 10.9. The van der Waals surface area contributed by atoms with Crippen LogP contribution in [0.1, 0.15) is 5.69 Å². The first-order valence-corrected chi connectivity index (χ1v) is 4.49. The van der Waals surface area contributed by atoms with E-state index in [4.69, 9.17) is 0 Å². The molecule has 12 heavy (non-hydrogen) atoms. The van der Waals surface area contributed by atoms with Gasteiger partial charge in [-0.3, -0.25) is 4.68 Å². The van der Waals surface area contributed by atoms with Crippen LogP contribution in [0.2, 0.25) is 0 Å². The number of aromatic nitrogens is 2. The van der Waals surface area contributed by atoms with Crippen molar-refractivity contribution in [1.29, 1.82) is 0 Å². The Balaban J connectivity index is 2.95. The Morgan fingerprint density at radius 2 is 2.33 bits per heavy atom. The van der Waals surface area contributed by atoms with Gasteiger partial charge in [-0.15, -0.1) is 0 Å². The summed E-state index contributed by atoms with van der Waals surface area (Å²) < 4.78 is 2.81. The maximum Gasteiger partial charge on any atom is 0.107 e. The second kappa shape index (κ2) is 2.59. The van der Waals surface area contributed by atoms with Crippen LogP contribution in [0.25, 0.3) is 10.9 Å². The molecular formula is C9H8BrN2. The predicted molar refractivity (Wildman–Crippen MR) is 52.0 cm³/mol. The molecule has 0 spiro atoms. The molecule has 0 atom stereocenters. The lowest BCUT2D eigenvalue weighted by Gasteiger charge is -1.90. The first kappa shape index (κ1) is 7.80. The zero-order chi connectivity index (χ0) is 8.72. The first-order chi connectivity index (χ1) is 5.70. The molecule has 0 saturated heterocycles. The van der Waals surface area contributed by atoms with Gasteiger partial charge in [-0.25, -0.2) is 0 Å². The van der Waals surface area contributed by atoms with Crippen molar-refractivity contribution in [3.8, 4) is 0 Å². The molecule has 0 unspecified atom stereocenters. The Morgan fingerprint density at radius 1 is 1.58 bits per heavy atom. The fraction of sp³-hybridized carbons (Fsp3) is 0.222. The molecular weight excluding hydrogens is 216 g/mol. The minimum Gasteiger partial charge on any atom is -0.272 e. The molecule has 0 bridgehead atoms. The number of fused-ring (bicyclic) bond motifs is 1. The van der Waals surface area contributed by atoms with Crippen molar-refractivity contribution in [2.75, 3.05) is 0 Å². The first-order valence-electron chi connectivity index (χ1n) is 3.69. The molecule has 1 heterocycles. The Bertz CT molecular complexity index is 431. The van der Waals surface area contributed by atoms with E-state index in [0.29, 0.717) is 0 Å². The summed E-state index contributed by atoms with van der Waals surface area (Å²) in [6, 6.07) is 6.99. The summed E-state index contributed by atoms with van der Waals surface area (Å²) in [5.74, 6) is 0. The van der Waals surface area contributed by atoms with Crippen molar-refractivity contribution >= 4 is 26.8 Å². The smallest absolute Gasteiger partial charge is 0.107 e. The van der Waals surface area contributed by atoms with E-state index in [1.54, 1.807) is 0 Å². The lowest BCUT2D eigenvalue weighted by atomic mass is 10.2. The summed E-state index contributed by atoms with van der Waals surface area (Å²) in [5, 5.41) is 5.53. The molecule has 3 heteroatoms. The fourth-order valence-corrected chi connectivity index (χ4v) is 1.68. The standard InChI is InChI=1S/C9H8BrN2/c1-6-7-4-3-5-8(10)9(7)11-12(6)2/h3-4H,1-2H3. The number of hydrogen-bond acceptors (Lipinski definition) is 1. The van der Waals surface area contributed by atoms with Gasteiger partial charge in [0.15, 0.2) is 0 Å². The summed E-state index contributed by atoms with van der Waals surface area (Å²) >= 11 is 3.41. The highest BCUT2D eigenvalue weighted by molar-refractivity contribution is 9.10. The van der Waals surface area contributed by atoms with E-state index in [1.165, 1.54) is 11.1 Å². The van der Waals surface area contributed by atoms with Crippen molar-refractivity contribution in [3.05, 3.63) is 28.4 Å². The highest BCUT2D eigenvalue weighted by Crippen LogP contribution is 2.23. The quantitative estimate of drug-likeness (QED) is 0.672. The summed E-state index contributed by atoms with van der Waals surface area (Å²) in [7, 11) is 1.95. The van der Waals surface area contributed by atoms with Gasteiger partial charge < -0.3 is 0 Å². The highest BCUT2D eigenvalue weighted by atomic mass is 79.9. The topological polar surface area (TPSA) is 17.8 Å². The van der Waals surface area contributed by atoms with Crippen LogP contribution in [0.15, 0.2) is 16.6 Å². The van der Waals surface area contributed by atoms with Crippen molar-refractivity contribution in [3.63, 3.8) is 0 Å². The summed E-state index contributed by atoms with van der Waals surface area (Å²) in [6.07, 6.45) is 0. The van der Waals surface area contributed by atoms with Crippen molar-refractivity contribution in [2.24, 2.45) is 7.05 Å². The number of halogens is 1. The Hall–Kier alpha value is -0.830. The zero-order valence-corrected chi connectivity index (χ0v) is 8.51. The largest absolute Gasteiger partial charge is 0.272 e. The second-order valence-corrected chi connectivity index (χ2v) is 3.56. The van der Waals surface area contributed by atoms with Gasteiger partial charge >= 0.3 is 0 Å².